The van der Waals surface area contributed by atoms with E-state index in [1.54, 1.807) is 0 Å². The molecule has 2 aliphatic heterocycles. The van der Waals surface area contributed by atoms with Crippen molar-refractivity contribution in [3.63, 3.8) is 0 Å². The Balaban J connectivity index is 1.68. The molecule has 2 aromatic carbocycles. The van der Waals surface area contributed by atoms with Gasteiger partial charge in [0.05, 0.1) is 6.10 Å². The number of benzene rings is 2. The second-order valence-electron chi connectivity index (χ2n) is 6.51. The summed E-state index contributed by atoms with van der Waals surface area (Å²) in [6.45, 7) is 0.772. The Labute approximate surface area is 147 Å². The van der Waals surface area contributed by atoms with Gasteiger partial charge in [-0.1, -0.05) is 60.1 Å². The van der Waals surface area contributed by atoms with E-state index in [1.807, 2.05) is 47.5 Å². The number of hydrogen-bond donors (Lipinski definition) is 1. The Hall–Kier alpha value is -1.65. The van der Waals surface area contributed by atoms with E-state index in [0.717, 1.165) is 30.0 Å². The van der Waals surface area contributed by atoms with Crippen molar-refractivity contribution in [1.82, 2.24) is 5.06 Å². The second kappa shape index (κ2) is 6.34. The highest BCUT2D eigenvalue weighted by Crippen LogP contribution is 2.50. The van der Waals surface area contributed by atoms with E-state index >= 15 is 0 Å². The van der Waals surface area contributed by atoms with Crippen molar-refractivity contribution in [3.8, 4) is 0 Å². The Bertz CT molecular complexity index is 744. The van der Waals surface area contributed by atoms with Crippen molar-refractivity contribution in [1.29, 1.82) is 0 Å². The maximum atomic E-state index is 10.1. The molecule has 2 saturated heterocycles. The fourth-order valence-electron chi connectivity index (χ4n) is 3.44. The molecule has 24 heavy (non-hydrogen) atoms. The van der Waals surface area contributed by atoms with Crippen LogP contribution in [0.1, 0.15) is 24.0 Å². The van der Waals surface area contributed by atoms with Gasteiger partial charge in [-0.05, 0) is 41.7 Å². The van der Waals surface area contributed by atoms with Crippen LogP contribution in [0.15, 0.2) is 60.2 Å². The zero-order chi connectivity index (χ0) is 16.6. The van der Waals surface area contributed by atoms with Crippen LogP contribution in [0.4, 0.5) is 0 Å². The first-order valence-corrected chi connectivity index (χ1v) is 8.69. The van der Waals surface area contributed by atoms with Crippen LogP contribution >= 0.6 is 11.6 Å². The fourth-order valence-corrected chi connectivity index (χ4v) is 3.57. The van der Waals surface area contributed by atoms with Gasteiger partial charge >= 0.3 is 0 Å². The monoisotopic (exact) mass is 341 g/mol. The summed E-state index contributed by atoms with van der Waals surface area (Å²) < 4.78 is 0. The predicted molar refractivity (Wildman–Crippen MR) is 95.3 cm³/mol. The summed E-state index contributed by atoms with van der Waals surface area (Å²) in [5.41, 5.74) is 3.06. The molecule has 2 aromatic rings. The molecule has 124 valence electrons. The molecular formula is C20H20ClNO2. The van der Waals surface area contributed by atoms with Crippen LogP contribution in [-0.2, 0) is 11.3 Å². The lowest BCUT2D eigenvalue weighted by atomic mass is 9.88. The molecule has 0 aromatic heterocycles. The highest BCUT2D eigenvalue weighted by molar-refractivity contribution is 6.30. The summed E-state index contributed by atoms with van der Waals surface area (Å²) in [6.07, 6.45) is 4.04. The first-order chi connectivity index (χ1) is 11.7. The van der Waals surface area contributed by atoms with Crippen molar-refractivity contribution in [2.45, 2.75) is 31.1 Å². The molecule has 4 rings (SSSR count). The minimum Gasteiger partial charge on any atom is -0.393 e. The van der Waals surface area contributed by atoms with E-state index in [-0.39, 0.29) is 6.10 Å². The lowest BCUT2D eigenvalue weighted by Crippen LogP contribution is -2.34. The molecule has 0 amide bonds. The van der Waals surface area contributed by atoms with Crippen LogP contribution in [0.3, 0.4) is 0 Å². The molecule has 3 nitrogen and oxygen atoms in total. The summed E-state index contributed by atoms with van der Waals surface area (Å²) in [7, 11) is 0. The smallest absolute Gasteiger partial charge is 0.189 e. The van der Waals surface area contributed by atoms with Gasteiger partial charge in [0.2, 0.25) is 0 Å². The molecule has 2 heterocycles. The Morgan fingerprint density at radius 3 is 2.71 bits per heavy atom. The number of nitrogens with zero attached hydrogens (tertiary/aromatic N) is 1. The van der Waals surface area contributed by atoms with Crippen LogP contribution < -0.4 is 0 Å². The summed E-state index contributed by atoms with van der Waals surface area (Å²) >= 11 is 5.99. The summed E-state index contributed by atoms with van der Waals surface area (Å²) in [5.74, 6) is 0. The zero-order valence-electron chi connectivity index (χ0n) is 13.4. The average molecular weight is 342 g/mol. The van der Waals surface area contributed by atoms with Crippen molar-refractivity contribution < 1.29 is 9.94 Å². The Morgan fingerprint density at radius 1 is 1.21 bits per heavy atom. The molecule has 0 aliphatic carbocycles. The van der Waals surface area contributed by atoms with Crippen molar-refractivity contribution >= 4 is 17.7 Å². The number of hydroxylamine groups is 2. The van der Waals surface area contributed by atoms with Gasteiger partial charge in [-0.25, -0.2) is 0 Å². The van der Waals surface area contributed by atoms with Crippen molar-refractivity contribution in [2.24, 2.45) is 0 Å². The van der Waals surface area contributed by atoms with E-state index in [0.29, 0.717) is 6.42 Å². The minimum atomic E-state index is -0.451. The normalized spacial score (nSPS) is 29.2. The van der Waals surface area contributed by atoms with E-state index in [9.17, 15) is 5.11 Å². The van der Waals surface area contributed by atoms with Crippen molar-refractivity contribution in [3.05, 3.63) is 76.3 Å². The lowest BCUT2D eigenvalue weighted by Gasteiger charge is -2.24. The average Bonchev–Trinajstić information content (AvgIpc) is 3.32. The summed E-state index contributed by atoms with van der Waals surface area (Å²) in [6, 6.07) is 18.2. The third kappa shape index (κ3) is 3.13. The van der Waals surface area contributed by atoms with Crippen LogP contribution in [0.25, 0.3) is 6.08 Å². The molecule has 0 radical (unpaired) electrons. The number of aliphatic hydroxyl groups excluding tert-OH is 1. The van der Waals surface area contributed by atoms with Gasteiger partial charge in [-0.15, -0.1) is 5.06 Å². The number of aliphatic hydroxyl groups is 1. The van der Waals surface area contributed by atoms with E-state index < -0.39 is 5.72 Å². The van der Waals surface area contributed by atoms with Gasteiger partial charge < -0.3 is 5.11 Å². The molecular weight excluding hydrogens is 322 g/mol. The van der Waals surface area contributed by atoms with Gasteiger partial charge in [0.1, 0.15) is 0 Å². The highest BCUT2D eigenvalue weighted by atomic mass is 35.5. The fraction of sp³-hybridized carbons (Fsp3) is 0.300. The van der Waals surface area contributed by atoms with Crippen molar-refractivity contribution in [2.75, 3.05) is 6.54 Å². The standard InChI is InChI=1S/C20H20ClNO2/c21-18-8-6-16(7-9-18)13-17(12-15-4-2-1-3-5-15)20-14-19(23)10-11-22(20)24-20/h1-9,13,19,23H,10-12,14H2/b17-13+. The van der Waals surface area contributed by atoms with Crippen LogP contribution in [0.5, 0.6) is 0 Å². The summed E-state index contributed by atoms with van der Waals surface area (Å²) in [4.78, 5) is 5.95. The third-order valence-electron chi connectivity index (χ3n) is 4.76. The minimum absolute atomic E-state index is 0.312. The molecule has 3 unspecified atom stereocenters. The van der Waals surface area contributed by atoms with Gasteiger partial charge in [-0.3, -0.25) is 4.84 Å². The molecule has 4 heteroatoms. The van der Waals surface area contributed by atoms with E-state index in [1.165, 1.54) is 11.1 Å². The molecule has 3 atom stereocenters. The molecule has 0 saturated carbocycles. The molecule has 2 aliphatic rings. The van der Waals surface area contributed by atoms with Gasteiger partial charge in [0.15, 0.2) is 5.72 Å². The predicted octanol–water partition coefficient (Wildman–Crippen LogP) is 4.06. The Morgan fingerprint density at radius 2 is 1.96 bits per heavy atom. The van der Waals surface area contributed by atoms with Crippen LogP contribution in [0, 0.1) is 0 Å². The topological polar surface area (TPSA) is 35.8 Å². The number of fused-ring (bicyclic) bond motifs is 1. The number of hydrogen-bond acceptors (Lipinski definition) is 3. The maximum Gasteiger partial charge on any atom is 0.189 e. The largest absolute Gasteiger partial charge is 0.393 e. The number of halogens is 1. The molecule has 0 bridgehead atoms. The van der Waals surface area contributed by atoms with E-state index in [2.05, 4.69) is 18.2 Å². The van der Waals surface area contributed by atoms with Crippen LogP contribution in [0.2, 0.25) is 5.02 Å². The van der Waals surface area contributed by atoms with Gasteiger partial charge in [0, 0.05) is 18.0 Å². The number of piperidine rings is 1. The first-order valence-electron chi connectivity index (χ1n) is 8.31. The summed E-state index contributed by atoms with van der Waals surface area (Å²) in [5, 5.41) is 12.9. The maximum absolute atomic E-state index is 10.1. The van der Waals surface area contributed by atoms with E-state index in [4.69, 9.17) is 16.4 Å². The molecule has 2 fully saturated rings. The zero-order valence-corrected chi connectivity index (χ0v) is 14.1. The third-order valence-corrected chi connectivity index (χ3v) is 5.01. The first kappa shape index (κ1) is 15.9. The quantitative estimate of drug-likeness (QED) is 0.852. The number of rotatable bonds is 4. The SMILES string of the molecule is OC1CCN2OC2(/C(=C/c2ccc(Cl)cc2)Cc2ccccc2)C1. The van der Waals surface area contributed by atoms with Crippen LogP contribution in [-0.4, -0.2) is 28.5 Å². The van der Waals surface area contributed by atoms with Gasteiger partial charge in [0.25, 0.3) is 0 Å². The molecule has 0 spiro atoms. The lowest BCUT2D eigenvalue weighted by molar-refractivity contribution is 0.105. The Kier molecular flexibility index (Phi) is 4.19. The highest BCUT2D eigenvalue weighted by Gasteiger charge is 2.60. The van der Waals surface area contributed by atoms with Gasteiger partial charge in [-0.2, -0.15) is 0 Å². The second-order valence-corrected chi connectivity index (χ2v) is 6.94. The molecule has 1 N–H and O–H groups in total.